The minimum atomic E-state index is 0.218. The number of fused-ring (bicyclic) bond motifs is 1. The van der Waals surface area contributed by atoms with E-state index in [1.165, 1.54) is 24.2 Å². The molecule has 104 valence electrons. The molecule has 0 aromatic heterocycles. The largest absolute Gasteiger partial charge is 0.324 e. The maximum absolute atomic E-state index is 6.30. The summed E-state index contributed by atoms with van der Waals surface area (Å²) in [6, 6.07) is 10.1. The van der Waals surface area contributed by atoms with Crippen LogP contribution in [0.4, 0.5) is 0 Å². The van der Waals surface area contributed by atoms with Gasteiger partial charge in [-0.2, -0.15) is 0 Å². The molecule has 1 fully saturated rings. The van der Waals surface area contributed by atoms with Gasteiger partial charge in [-0.25, -0.2) is 0 Å². The van der Waals surface area contributed by atoms with Crippen LogP contribution in [-0.4, -0.2) is 43.0 Å². The number of nitrogens with zero attached hydrogens (tertiary/aromatic N) is 2. The maximum Gasteiger partial charge on any atom is 0.0370 e. The molecule has 0 radical (unpaired) electrons. The fourth-order valence-corrected chi connectivity index (χ4v) is 3.91. The van der Waals surface area contributed by atoms with E-state index in [4.69, 9.17) is 5.73 Å². The van der Waals surface area contributed by atoms with Gasteiger partial charge in [0.2, 0.25) is 0 Å². The molecular weight excluding hydrogens is 234 g/mol. The molecule has 0 amide bonds. The number of likely N-dealkylation sites (N-methyl/N-ethyl adjacent to an activating group) is 1. The summed E-state index contributed by atoms with van der Waals surface area (Å²) < 4.78 is 0. The highest BCUT2D eigenvalue weighted by Crippen LogP contribution is 2.42. The fourth-order valence-electron chi connectivity index (χ4n) is 3.91. The van der Waals surface area contributed by atoms with Crippen molar-refractivity contribution in [3.05, 3.63) is 35.4 Å². The van der Waals surface area contributed by atoms with Crippen LogP contribution in [0.3, 0.4) is 0 Å². The Hall–Kier alpha value is -0.900. The molecule has 4 atom stereocenters. The van der Waals surface area contributed by atoms with Gasteiger partial charge in [-0.05, 0) is 37.6 Å². The van der Waals surface area contributed by atoms with Gasteiger partial charge in [-0.3, -0.25) is 4.90 Å². The van der Waals surface area contributed by atoms with Crippen molar-refractivity contribution < 1.29 is 0 Å². The molecule has 0 spiro atoms. The van der Waals surface area contributed by atoms with Crippen LogP contribution in [0.5, 0.6) is 0 Å². The maximum atomic E-state index is 6.30. The van der Waals surface area contributed by atoms with Crippen molar-refractivity contribution in [1.82, 2.24) is 9.80 Å². The van der Waals surface area contributed by atoms with Crippen LogP contribution in [0, 0.1) is 5.92 Å². The number of nitrogens with two attached hydrogens (primary N) is 1. The van der Waals surface area contributed by atoms with Crippen molar-refractivity contribution in [3.63, 3.8) is 0 Å². The van der Waals surface area contributed by atoms with Crippen molar-refractivity contribution in [1.29, 1.82) is 0 Å². The Balaban J connectivity index is 1.82. The third kappa shape index (κ3) is 2.20. The first-order chi connectivity index (χ1) is 9.08. The molecule has 2 aliphatic rings. The smallest absolute Gasteiger partial charge is 0.0370 e. The van der Waals surface area contributed by atoms with Gasteiger partial charge >= 0.3 is 0 Å². The van der Waals surface area contributed by atoms with Crippen molar-refractivity contribution in [2.75, 3.05) is 27.2 Å². The predicted molar refractivity (Wildman–Crippen MR) is 78.9 cm³/mol. The predicted octanol–water partition coefficient (Wildman–Crippen LogP) is 2.01. The first kappa shape index (κ1) is 13.1. The van der Waals surface area contributed by atoms with Gasteiger partial charge in [0.15, 0.2) is 0 Å². The standard InChI is InChI=1S/C16H25N3/c1-11-9-19(10-16(11)18(2)3)15-8-14(17)12-6-4-5-7-13(12)15/h4-7,11,14-16H,8-10,17H2,1-3H3. The topological polar surface area (TPSA) is 32.5 Å². The second-order valence-corrected chi connectivity index (χ2v) is 6.45. The SMILES string of the molecule is CC1CN(C2CC(N)c3ccccc32)CC1N(C)C. The molecule has 1 aromatic rings. The molecule has 1 aromatic carbocycles. The Morgan fingerprint density at radius 3 is 2.47 bits per heavy atom. The summed E-state index contributed by atoms with van der Waals surface area (Å²) in [5.41, 5.74) is 9.11. The van der Waals surface area contributed by atoms with Crippen LogP contribution in [0.15, 0.2) is 24.3 Å². The lowest BCUT2D eigenvalue weighted by Gasteiger charge is -2.26. The summed E-state index contributed by atoms with van der Waals surface area (Å²) >= 11 is 0. The van der Waals surface area contributed by atoms with Gasteiger partial charge in [0.05, 0.1) is 0 Å². The molecule has 1 saturated heterocycles. The van der Waals surface area contributed by atoms with E-state index >= 15 is 0 Å². The minimum Gasteiger partial charge on any atom is -0.324 e. The first-order valence-corrected chi connectivity index (χ1v) is 7.32. The van der Waals surface area contributed by atoms with Gasteiger partial charge in [-0.1, -0.05) is 31.2 Å². The Morgan fingerprint density at radius 1 is 1.16 bits per heavy atom. The van der Waals surface area contributed by atoms with E-state index in [1.807, 2.05) is 0 Å². The third-order valence-corrected chi connectivity index (χ3v) is 4.94. The lowest BCUT2D eigenvalue weighted by Crippen LogP contribution is -2.35. The van der Waals surface area contributed by atoms with E-state index in [-0.39, 0.29) is 6.04 Å². The van der Waals surface area contributed by atoms with Crippen LogP contribution >= 0.6 is 0 Å². The summed E-state index contributed by atoms with van der Waals surface area (Å²) in [5.74, 6) is 0.735. The van der Waals surface area contributed by atoms with Gasteiger partial charge in [0, 0.05) is 31.2 Å². The molecule has 19 heavy (non-hydrogen) atoms. The molecule has 3 nitrogen and oxygen atoms in total. The minimum absolute atomic E-state index is 0.218. The van der Waals surface area contributed by atoms with Crippen LogP contribution < -0.4 is 5.73 Å². The van der Waals surface area contributed by atoms with E-state index in [9.17, 15) is 0 Å². The highest BCUT2D eigenvalue weighted by molar-refractivity contribution is 5.37. The molecule has 1 aliphatic carbocycles. The molecule has 1 heterocycles. The zero-order valence-electron chi connectivity index (χ0n) is 12.2. The zero-order valence-corrected chi connectivity index (χ0v) is 12.2. The first-order valence-electron chi connectivity index (χ1n) is 7.32. The highest BCUT2D eigenvalue weighted by Gasteiger charge is 2.39. The van der Waals surface area contributed by atoms with Gasteiger partial charge < -0.3 is 10.6 Å². The van der Waals surface area contributed by atoms with E-state index in [2.05, 4.69) is 55.1 Å². The number of hydrogen-bond acceptors (Lipinski definition) is 3. The average molecular weight is 259 g/mol. The summed E-state index contributed by atoms with van der Waals surface area (Å²) in [6.07, 6.45) is 1.08. The molecule has 0 bridgehead atoms. The lowest BCUT2D eigenvalue weighted by atomic mass is 10.1. The number of hydrogen-bond donors (Lipinski definition) is 1. The molecule has 3 rings (SSSR count). The molecule has 3 heteroatoms. The van der Waals surface area contributed by atoms with Crippen LogP contribution in [0.1, 0.15) is 36.6 Å². The number of benzene rings is 1. The highest BCUT2D eigenvalue weighted by atomic mass is 15.3. The van der Waals surface area contributed by atoms with E-state index in [0.717, 1.165) is 12.3 Å². The number of rotatable bonds is 2. The van der Waals surface area contributed by atoms with E-state index in [0.29, 0.717) is 12.1 Å². The molecule has 4 unspecified atom stereocenters. The van der Waals surface area contributed by atoms with Gasteiger partial charge in [-0.15, -0.1) is 0 Å². The quantitative estimate of drug-likeness (QED) is 0.882. The summed E-state index contributed by atoms with van der Waals surface area (Å²) in [4.78, 5) is 5.01. The summed E-state index contributed by atoms with van der Waals surface area (Å²) in [6.45, 7) is 4.72. The average Bonchev–Trinajstić information content (AvgIpc) is 2.91. The van der Waals surface area contributed by atoms with Crippen LogP contribution in [0.2, 0.25) is 0 Å². The van der Waals surface area contributed by atoms with E-state index in [1.54, 1.807) is 0 Å². The second kappa shape index (κ2) is 4.89. The lowest BCUT2D eigenvalue weighted by molar-refractivity contribution is 0.211. The Morgan fingerprint density at radius 2 is 1.84 bits per heavy atom. The zero-order chi connectivity index (χ0) is 13.6. The van der Waals surface area contributed by atoms with Gasteiger partial charge in [0.1, 0.15) is 0 Å². The Labute approximate surface area is 116 Å². The summed E-state index contributed by atoms with van der Waals surface area (Å²) in [5, 5.41) is 0. The second-order valence-electron chi connectivity index (χ2n) is 6.45. The van der Waals surface area contributed by atoms with Crippen molar-refractivity contribution in [2.45, 2.75) is 31.5 Å². The third-order valence-electron chi connectivity index (χ3n) is 4.94. The van der Waals surface area contributed by atoms with E-state index < -0.39 is 0 Å². The molecule has 1 aliphatic heterocycles. The Kier molecular flexibility index (Phi) is 3.37. The van der Waals surface area contributed by atoms with Gasteiger partial charge in [0.25, 0.3) is 0 Å². The summed E-state index contributed by atoms with van der Waals surface area (Å²) in [7, 11) is 4.39. The van der Waals surface area contributed by atoms with Crippen molar-refractivity contribution in [2.24, 2.45) is 11.7 Å². The van der Waals surface area contributed by atoms with Crippen molar-refractivity contribution >= 4 is 0 Å². The normalized spacial score (nSPS) is 35.0. The van der Waals surface area contributed by atoms with Crippen LogP contribution in [-0.2, 0) is 0 Å². The number of likely N-dealkylation sites (tertiary alicyclic amines) is 1. The van der Waals surface area contributed by atoms with Crippen molar-refractivity contribution in [3.8, 4) is 0 Å². The molecular formula is C16H25N3. The molecule has 0 saturated carbocycles. The monoisotopic (exact) mass is 259 g/mol. The van der Waals surface area contributed by atoms with Crippen LogP contribution in [0.25, 0.3) is 0 Å². The molecule has 2 N–H and O–H groups in total. The fraction of sp³-hybridized carbons (Fsp3) is 0.625. The Bertz CT molecular complexity index is 457.